The molecule has 0 radical (unpaired) electrons. The van der Waals surface area contributed by atoms with E-state index >= 15 is 0 Å². The van der Waals surface area contributed by atoms with Crippen LogP contribution in [0.25, 0.3) is 0 Å². The van der Waals surface area contributed by atoms with Crippen LogP contribution in [0.4, 0.5) is 0 Å². The number of pyridine rings is 1. The quantitative estimate of drug-likeness (QED) is 0.246. The van der Waals surface area contributed by atoms with Gasteiger partial charge in [-0.2, -0.15) is 0 Å². The van der Waals surface area contributed by atoms with E-state index in [0.717, 1.165) is 0 Å². The van der Waals surface area contributed by atoms with Gasteiger partial charge in [-0.15, -0.1) is 0 Å². The highest BCUT2D eigenvalue weighted by Crippen LogP contribution is 2.03. The lowest BCUT2D eigenvalue weighted by molar-refractivity contribution is 0.0526. The smallest absolute Gasteiger partial charge is 0.338 e. The number of carbonyl (C=O) groups is 1. The summed E-state index contributed by atoms with van der Waals surface area (Å²) in [5, 5.41) is 11.2. The Labute approximate surface area is 86.4 Å². The van der Waals surface area contributed by atoms with Gasteiger partial charge in [-0.05, 0) is 19.1 Å². The van der Waals surface area contributed by atoms with Gasteiger partial charge >= 0.3 is 5.97 Å². The first-order chi connectivity index (χ1) is 7.19. The van der Waals surface area contributed by atoms with E-state index < -0.39 is 5.97 Å². The number of carbonyl (C=O) groups excluding carboxylic acids is 1. The molecule has 0 aliphatic heterocycles. The fraction of sp³-hybridized carbons (Fsp3) is 0.222. The van der Waals surface area contributed by atoms with Crippen molar-refractivity contribution < 1.29 is 14.7 Å². The van der Waals surface area contributed by atoms with Gasteiger partial charge in [0.25, 0.3) is 0 Å². The van der Waals surface area contributed by atoms with Gasteiger partial charge < -0.3 is 15.7 Å². The van der Waals surface area contributed by atoms with Crippen LogP contribution >= 0.6 is 0 Å². The Kier molecular flexibility index (Phi) is 3.61. The second-order valence-electron chi connectivity index (χ2n) is 2.64. The molecule has 1 rings (SSSR count). The average molecular weight is 209 g/mol. The zero-order valence-electron chi connectivity index (χ0n) is 8.17. The van der Waals surface area contributed by atoms with Gasteiger partial charge in [-0.1, -0.05) is 5.16 Å². The topological polar surface area (TPSA) is 97.8 Å². The molecule has 0 unspecified atom stereocenters. The third kappa shape index (κ3) is 2.67. The van der Waals surface area contributed by atoms with Crippen LogP contribution in [0.15, 0.2) is 23.5 Å². The van der Waals surface area contributed by atoms with Gasteiger partial charge in [0.15, 0.2) is 5.84 Å². The summed E-state index contributed by atoms with van der Waals surface area (Å²) in [6, 6.07) is 2.89. The average Bonchev–Trinajstić information content (AvgIpc) is 2.28. The van der Waals surface area contributed by atoms with Gasteiger partial charge in [0.1, 0.15) is 5.69 Å². The van der Waals surface area contributed by atoms with Crippen LogP contribution in [0, 0.1) is 0 Å². The standard InChI is InChI=1S/C9H11N3O3/c1-2-15-9(13)6-3-4-11-7(5-6)8(10)12-14/h3-5,14H,2H2,1H3,(H2,10,12). The summed E-state index contributed by atoms with van der Waals surface area (Å²) >= 11 is 0. The zero-order valence-corrected chi connectivity index (χ0v) is 8.17. The van der Waals surface area contributed by atoms with Crippen molar-refractivity contribution in [2.75, 3.05) is 6.61 Å². The number of ether oxygens (including phenoxy) is 1. The highest BCUT2D eigenvalue weighted by Gasteiger charge is 2.09. The van der Waals surface area contributed by atoms with Gasteiger partial charge in [-0.25, -0.2) is 4.79 Å². The number of aromatic nitrogens is 1. The molecule has 3 N–H and O–H groups in total. The molecule has 0 saturated carbocycles. The molecule has 0 bridgehead atoms. The summed E-state index contributed by atoms with van der Waals surface area (Å²) in [4.78, 5) is 15.1. The van der Waals surface area contributed by atoms with E-state index in [1.165, 1.54) is 18.3 Å². The summed E-state index contributed by atoms with van der Waals surface area (Å²) < 4.78 is 4.79. The molecule has 0 atom stereocenters. The van der Waals surface area contributed by atoms with Crippen molar-refractivity contribution in [3.8, 4) is 0 Å². The molecule has 0 spiro atoms. The minimum Gasteiger partial charge on any atom is -0.462 e. The third-order valence-electron chi connectivity index (χ3n) is 1.64. The van der Waals surface area contributed by atoms with E-state index in [1.807, 2.05) is 0 Å². The molecule has 0 amide bonds. The Morgan fingerprint density at radius 1 is 1.73 bits per heavy atom. The molecule has 15 heavy (non-hydrogen) atoms. The van der Waals surface area contributed by atoms with Crippen LogP contribution in [0.5, 0.6) is 0 Å². The molecular formula is C9H11N3O3. The van der Waals surface area contributed by atoms with Gasteiger partial charge in [0, 0.05) is 6.20 Å². The normalized spacial score (nSPS) is 11.1. The minimum atomic E-state index is -0.466. The van der Waals surface area contributed by atoms with Crippen LogP contribution in [0.2, 0.25) is 0 Å². The van der Waals surface area contributed by atoms with E-state index in [4.69, 9.17) is 15.7 Å². The molecule has 80 valence electrons. The minimum absolute atomic E-state index is 0.152. The van der Waals surface area contributed by atoms with E-state index in [0.29, 0.717) is 12.2 Å². The Morgan fingerprint density at radius 3 is 3.07 bits per heavy atom. The lowest BCUT2D eigenvalue weighted by Crippen LogP contribution is -2.16. The fourth-order valence-corrected chi connectivity index (χ4v) is 0.963. The number of nitrogens with two attached hydrogens (primary N) is 1. The Morgan fingerprint density at radius 2 is 2.47 bits per heavy atom. The molecule has 0 fully saturated rings. The van der Waals surface area contributed by atoms with E-state index in [-0.39, 0.29) is 11.5 Å². The molecule has 1 aromatic rings. The highest BCUT2D eigenvalue weighted by atomic mass is 16.5. The Balaban J connectivity index is 2.97. The van der Waals surface area contributed by atoms with E-state index in [9.17, 15) is 4.79 Å². The summed E-state index contributed by atoms with van der Waals surface area (Å²) in [6.45, 7) is 2.00. The van der Waals surface area contributed by atoms with Gasteiger partial charge in [-0.3, -0.25) is 4.98 Å². The second-order valence-corrected chi connectivity index (χ2v) is 2.64. The SMILES string of the molecule is CCOC(=O)c1ccnc(/C(N)=N\O)c1. The van der Waals surface area contributed by atoms with Crippen molar-refractivity contribution in [2.24, 2.45) is 10.9 Å². The Hall–Kier alpha value is -2.11. The molecule has 0 aliphatic rings. The van der Waals surface area contributed by atoms with Crippen molar-refractivity contribution >= 4 is 11.8 Å². The molecule has 6 nitrogen and oxygen atoms in total. The molecule has 6 heteroatoms. The number of rotatable bonds is 3. The summed E-state index contributed by atoms with van der Waals surface area (Å²) in [7, 11) is 0. The first-order valence-corrected chi connectivity index (χ1v) is 4.30. The number of amidine groups is 1. The summed E-state index contributed by atoms with van der Waals surface area (Å²) in [5.74, 6) is -0.618. The summed E-state index contributed by atoms with van der Waals surface area (Å²) in [5.41, 5.74) is 5.86. The number of hydrogen-bond donors (Lipinski definition) is 2. The highest BCUT2D eigenvalue weighted by molar-refractivity contribution is 5.98. The molecule has 0 saturated heterocycles. The first kappa shape index (κ1) is 11.0. The maximum Gasteiger partial charge on any atom is 0.338 e. The van der Waals surface area contributed by atoms with Crippen molar-refractivity contribution in [3.63, 3.8) is 0 Å². The van der Waals surface area contributed by atoms with Crippen LogP contribution in [-0.2, 0) is 4.74 Å². The van der Waals surface area contributed by atoms with Crippen molar-refractivity contribution in [2.45, 2.75) is 6.92 Å². The maximum atomic E-state index is 11.3. The van der Waals surface area contributed by atoms with Crippen molar-refractivity contribution in [1.82, 2.24) is 4.98 Å². The molecule has 1 heterocycles. The number of esters is 1. The van der Waals surface area contributed by atoms with Crippen LogP contribution in [-0.4, -0.2) is 28.6 Å². The zero-order chi connectivity index (χ0) is 11.3. The monoisotopic (exact) mass is 209 g/mol. The predicted molar refractivity (Wildman–Crippen MR) is 52.7 cm³/mol. The van der Waals surface area contributed by atoms with Gasteiger partial charge in [0.2, 0.25) is 0 Å². The summed E-state index contributed by atoms with van der Waals surface area (Å²) in [6.07, 6.45) is 1.39. The molecular weight excluding hydrogens is 198 g/mol. The molecule has 1 aromatic heterocycles. The number of nitrogens with zero attached hydrogens (tertiary/aromatic N) is 2. The number of oxime groups is 1. The van der Waals surface area contributed by atoms with E-state index in [1.54, 1.807) is 6.92 Å². The lowest BCUT2D eigenvalue weighted by atomic mass is 10.2. The maximum absolute atomic E-state index is 11.3. The van der Waals surface area contributed by atoms with Gasteiger partial charge in [0.05, 0.1) is 12.2 Å². The third-order valence-corrected chi connectivity index (χ3v) is 1.64. The van der Waals surface area contributed by atoms with Crippen molar-refractivity contribution in [1.29, 1.82) is 0 Å². The molecule has 0 aromatic carbocycles. The van der Waals surface area contributed by atoms with E-state index in [2.05, 4.69) is 10.1 Å². The van der Waals surface area contributed by atoms with Crippen LogP contribution in [0.1, 0.15) is 23.0 Å². The van der Waals surface area contributed by atoms with Crippen LogP contribution < -0.4 is 5.73 Å². The van der Waals surface area contributed by atoms with Crippen molar-refractivity contribution in [3.05, 3.63) is 29.6 Å². The predicted octanol–water partition coefficient (Wildman–Crippen LogP) is 0.353. The van der Waals surface area contributed by atoms with Crippen LogP contribution in [0.3, 0.4) is 0 Å². The fourth-order valence-electron chi connectivity index (χ4n) is 0.963. The second kappa shape index (κ2) is 4.94. The molecule has 0 aliphatic carbocycles. The largest absolute Gasteiger partial charge is 0.462 e. The Bertz CT molecular complexity index is 390. The first-order valence-electron chi connectivity index (χ1n) is 4.30. The lowest BCUT2D eigenvalue weighted by Gasteiger charge is -2.02. The number of hydrogen-bond acceptors (Lipinski definition) is 5.